The maximum Gasteiger partial charge on any atom is 0.260 e. The van der Waals surface area contributed by atoms with Crippen LogP contribution < -0.4 is 4.90 Å². The predicted molar refractivity (Wildman–Crippen MR) is 120 cm³/mol. The normalized spacial score (nSPS) is 11.4. The molecule has 4 nitrogen and oxygen atoms in total. The van der Waals surface area contributed by atoms with Crippen LogP contribution in [0.1, 0.15) is 40.9 Å². The van der Waals surface area contributed by atoms with Crippen LogP contribution in [0.4, 0.5) is 5.13 Å². The number of rotatable bonds is 7. The Morgan fingerprint density at radius 3 is 2.43 bits per heavy atom. The molecular weight excluding hydrogens is 366 g/mol. The molecule has 0 aliphatic carbocycles. The Kier molecular flexibility index (Phi) is 6.47. The van der Waals surface area contributed by atoms with Crippen molar-refractivity contribution < 1.29 is 4.79 Å². The summed E-state index contributed by atoms with van der Waals surface area (Å²) in [5.41, 5.74) is 5.19. The highest BCUT2D eigenvalue weighted by Gasteiger charge is 2.22. The first-order valence-electron chi connectivity index (χ1n) is 9.91. The van der Waals surface area contributed by atoms with Crippen LogP contribution in [0.5, 0.6) is 0 Å². The lowest BCUT2D eigenvalue weighted by Crippen LogP contribution is -2.38. The fourth-order valence-corrected chi connectivity index (χ4v) is 4.52. The second-order valence-corrected chi connectivity index (χ2v) is 8.26. The molecule has 0 spiro atoms. The van der Waals surface area contributed by atoms with Crippen molar-refractivity contribution in [1.82, 2.24) is 9.88 Å². The molecule has 1 heterocycles. The van der Waals surface area contributed by atoms with Gasteiger partial charge in [0, 0.05) is 18.7 Å². The van der Waals surface area contributed by atoms with Gasteiger partial charge in [-0.2, -0.15) is 0 Å². The average molecular weight is 396 g/mol. The lowest BCUT2D eigenvalue weighted by atomic mass is 10.1. The first-order chi connectivity index (χ1) is 13.4. The summed E-state index contributed by atoms with van der Waals surface area (Å²) in [6, 6.07) is 12.1. The fraction of sp³-hybridized carbons (Fsp3) is 0.391. The molecule has 148 valence electrons. The van der Waals surface area contributed by atoms with E-state index in [9.17, 15) is 4.79 Å². The molecular formula is C23H29N3OS. The van der Waals surface area contributed by atoms with Crippen LogP contribution in [0.2, 0.25) is 0 Å². The number of carbonyl (C=O) groups excluding carboxylic acids is 1. The predicted octanol–water partition coefficient (Wildman–Crippen LogP) is 5.21. The van der Waals surface area contributed by atoms with E-state index in [2.05, 4.69) is 44.7 Å². The monoisotopic (exact) mass is 395 g/mol. The molecule has 0 N–H and O–H groups in total. The molecule has 2 aromatic carbocycles. The zero-order chi connectivity index (χ0) is 20.3. The number of aromatic nitrogens is 1. The van der Waals surface area contributed by atoms with Crippen molar-refractivity contribution in [2.75, 3.05) is 31.1 Å². The van der Waals surface area contributed by atoms with Gasteiger partial charge in [0.1, 0.15) is 0 Å². The first-order valence-corrected chi connectivity index (χ1v) is 10.7. The second-order valence-electron chi connectivity index (χ2n) is 7.28. The minimum absolute atomic E-state index is 0.0179. The summed E-state index contributed by atoms with van der Waals surface area (Å²) < 4.78 is 1.16. The number of anilines is 1. The molecule has 0 bridgehead atoms. The molecule has 0 saturated heterocycles. The molecule has 0 aliphatic heterocycles. The Labute approximate surface area is 171 Å². The number of hydrogen-bond donors (Lipinski definition) is 0. The zero-order valence-corrected chi connectivity index (χ0v) is 18.3. The Balaban J connectivity index is 2.00. The summed E-state index contributed by atoms with van der Waals surface area (Å²) in [6.07, 6.45) is 0. The SMILES string of the molecule is CCN(CC)CCN(C(=O)c1cccc(C)c1)c1nc2cc(C)cc(C)c2s1. The van der Waals surface area contributed by atoms with Crippen molar-refractivity contribution >= 4 is 32.6 Å². The van der Waals surface area contributed by atoms with E-state index in [1.165, 1.54) is 11.1 Å². The van der Waals surface area contributed by atoms with E-state index in [4.69, 9.17) is 4.98 Å². The van der Waals surface area contributed by atoms with Crippen LogP contribution in [0.25, 0.3) is 10.2 Å². The summed E-state index contributed by atoms with van der Waals surface area (Å²) in [4.78, 5) is 22.4. The van der Waals surface area contributed by atoms with Crippen LogP contribution in [0.3, 0.4) is 0 Å². The molecule has 0 aliphatic rings. The molecule has 28 heavy (non-hydrogen) atoms. The van der Waals surface area contributed by atoms with Crippen LogP contribution in [-0.2, 0) is 0 Å². The van der Waals surface area contributed by atoms with Crippen molar-refractivity contribution in [3.8, 4) is 0 Å². The molecule has 1 aromatic heterocycles. The Bertz CT molecular complexity index is 975. The minimum atomic E-state index is 0.0179. The third-order valence-electron chi connectivity index (χ3n) is 5.08. The van der Waals surface area contributed by atoms with Crippen molar-refractivity contribution in [3.05, 3.63) is 58.7 Å². The summed E-state index contributed by atoms with van der Waals surface area (Å²) in [6.45, 7) is 13.9. The summed E-state index contributed by atoms with van der Waals surface area (Å²) >= 11 is 1.61. The largest absolute Gasteiger partial charge is 0.302 e. The van der Waals surface area contributed by atoms with Gasteiger partial charge in [-0.15, -0.1) is 0 Å². The zero-order valence-electron chi connectivity index (χ0n) is 17.5. The van der Waals surface area contributed by atoms with Gasteiger partial charge in [-0.25, -0.2) is 4.98 Å². The molecule has 0 radical (unpaired) electrons. The smallest absolute Gasteiger partial charge is 0.260 e. The van der Waals surface area contributed by atoms with E-state index in [1.54, 1.807) is 11.3 Å². The van der Waals surface area contributed by atoms with Crippen molar-refractivity contribution in [2.45, 2.75) is 34.6 Å². The third kappa shape index (κ3) is 4.42. The number of hydrogen-bond acceptors (Lipinski definition) is 4. The van der Waals surface area contributed by atoms with Crippen LogP contribution in [-0.4, -0.2) is 42.0 Å². The summed E-state index contributed by atoms with van der Waals surface area (Å²) in [7, 11) is 0. The maximum absolute atomic E-state index is 13.4. The molecule has 0 atom stereocenters. The van der Waals surface area contributed by atoms with Gasteiger partial charge in [0.15, 0.2) is 5.13 Å². The van der Waals surface area contributed by atoms with E-state index < -0.39 is 0 Å². The van der Waals surface area contributed by atoms with E-state index in [-0.39, 0.29) is 5.91 Å². The highest BCUT2D eigenvalue weighted by molar-refractivity contribution is 7.22. The van der Waals surface area contributed by atoms with Gasteiger partial charge in [0.05, 0.1) is 10.2 Å². The standard InChI is InChI=1S/C23H29N3OS/c1-6-25(7-2)11-12-26(22(27)19-10-8-9-16(3)14-19)23-24-20-15-17(4)13-18(5)21(20)28-23/h8-10,13-15H,6-7,11-12H2,1-5H3. The molecule has 1 amide bonds. The molecule has 0 fully saturated rings. The number of nitrogens with zero attached hydrogens (tertiary/aromatic N) is 3. The molecule has 0 saturated carbocycles. The second kappa shape index (κ2) is 8.84. The molecule has 3 rings (SSSR count). The third-order valence-corrected chi connectivity index (χ3v) is 6.31. The highest BCUT2D eigenvalue weighted by atomic mass is 32.1. The Hall–Kier alpha value is -2.24. The number of benzene rings is 2. The van der Waals surface area contributed by atoms with Gasteiger partial charge in [-0.05, 0) is 63.2 Å². The van der Waals surface area contributed by atoms with Gasteiger partial charge in [-0.1, -0.05) is 48.9 Å². The van der Waals surface area contributed by atoms with Crippen LogP contribution in [0.15, 0.2) is 36.4 Å². The topological polar surface area (TPSA) is 36.4 Å². The van der Waals surface area contributed by atoms with Gasteiger partial charge >= 0.3 is 0 Å². The Morgan fingerprint density at radius 1 is 1.00 bits per heavy atom. The fourth-order valence-electron chi connectivity index (χ4n) is 3.48. The van der Waals surface area contributed by atoms with Crippen molar-refractivity contribution in [2.24, 2.45) is 0 Å². The quantitative estimate of drug-likeness (QED) is 0.551. The maximum atomic E-state index is 13.4. The Morgan fingerprint density at radius 2 is 1.75 bits per heavy atom. The number of amides is 1. The first kappa shape index (κ1) is 20.5. The van der Waals surface area contributed by atoms with Crippen LogP contribution in [0, 0.1) is 20.8 Å². The van der Waals surface area contributed by atoms with E-state index in [0.29, 0.717) is 12.1 Å². The summed E-state index contributed by atoms with van der Waals surface area (Å²) in [5, 5.41) is 0.780. The molecule has 5 heteroatoms. The van der Waals surface area contributed by atoms with E-state index in [0.717, 1.165) is 40.5 Å². The summed E-state index contributed by atoms with van der Waals surface area (Å²) in [5.74, 6) is 0.0179. The number of aryl methyl sites for hydroxylation is 3. The molecule has 3 aromatic rings. The number of thiazole rings is 1. The number of fused-ring (bicyclic) bond motifs is 1. The lowest BCUT2D eigenvalue weighted by molar-refractivity contribution is 0.0983. The highest BCUT2D eigenvalue weighted by Crippen LogP contribution is 2.32. The van der Waals surface area contributed by atoms with Gasteiger partial charge in [0.2, 0.25) is 0 Å². The number of carbonyl (C=O) groups is 1. The van der Waals surface area contributed by atoms with Gasteiger partial charge in [0.25, 0.3) is 5.91 Å². The van der Waals surface area contributed by atoms with Gasteiger partial charge in [-0.3, -0.25) is 9.69 Å². The number of likely N-dealkylation sites (N-methyl/N-ethyl adjacent to an activating group) is 1. The van der Waals surface area contributed by atoms with Crippen molar-refractivity contribution in [1.29, 1.82) is 0 Å². The van der Waals surface area contributed by atoms with E-state index >= 15 is 0 Å². The van der Waals surface area contributed by atoms with Crippen molar-refractivity contribution in [3.63, 3.8) is 0 Å². The lowest BCUT2D eigenvalue weighted by Gasteiger charge is -2.24. The van der Waals surface area contributed by atoms with E-state index in [1.807, 2.05) is 36.1 Å². The average Bonchev–Trinajstić information content (AvgIpc) is 3.09. The minimum Gasteiger partial charge on any atom is -0.302 e. The van der Waals surface area contributed by atoms with Gasteiger partial charge < -0.3 is 4.90 Å². The van der Waals surface area contributed by atoms with Crippen LogP contribution >= 0.6 is 11.3 Å². The molecule has 0 unspecified atom stereocenters.